The van der Waals surface area contributed by atoms with E-state index in [0.29, 0.717) is 19.2 Å². The fraction of sp³-hybridized carbons (Fsp3) is 0.167. The van der Waals surface area contributed by atoms with Crippen LogP contribution in [0.5, 0.6) is 0 Å². The van der Waals surface area contributed by atoms with Crippen LogP contribution in [0.15, 0.2) is 55.7 Å². The Kier molecular flexibility index (Phi) is 5.70. The van der Waals surface area contributed by atoms with Gasteiger partial charge in [-0.2, -0.15) is 0 Å². The number of rotatable bonds is 7. The quantitative estimate of drug-likeness (QED) is 0.510. The summed E-state index contributed by atoms with van der Waals surface area (Å²) >= 11 is 0. The van der Waals surface area contributed by atoms with E-state index < -0.39 is 28.9 Å². The van der Waals surface area contributed by atoms with E-state index in [4.69, 9.17) is 0 Å². The fourth-order valence-corrected chi connectivity index (χ4v) is 2.55. The predicted molar refractivity (Wildman–Crippen MR) is 91.7 cm³/mol. The average molecular weight is 375 g/mol. The second-order valence-electron chi connectivity index (χ2n) is 5.81. The summed E-state index contributed by atoms with van der Waals surface area (Å²) in [5.41, 5.74) is -0.606. The molecule has 1 N–H and O–H groups in total. The summed E-state index contributed by atoms with van der Waals surface area (Å²) in [6, 6.07) is 1.15. The van der Waals surface area contributed by atoms with Crippen molar-refractivity contribution < 1.29 is 18.0 Å². The van der Waals surface area contributed by atoms with Gasteiger partial charge in [-0.3, -0.25) is 4.79 Å². The SMILES string of the molecule is O=C(C=Cc1c(F)ccc(F)c1F)NC(Cn1ccnc1)Cn1ccnc1. The lowest BCUT2D eigenvalue weighted by molar-refractivity contribution is -0.117. The van der Waals surface area contributed by atoms with Crippen LogP contribution in [0.3, 0.4) is 0 Å². The predicted octanol–water partition coefficient (Wildman–Crippen LogP) is 2.40. The largest absolute Gasteiger partial charge is 0.346 e. The van der Waals surface area contributed by atoms with Gasteiger partial charge in [-0.15, -0.1) is 0 Å². The summed E-state index contributed by atoms with van der Waals surface area (Å²) in [6.45, 7) is 0.862. The monoisotopic (exact) mass is 375 g/mol. The Balaban J connectivity index is 1.71. The van der Waals surface area contributed by atoms with Gasteiger partial charge in [0.1, 0.15) is 5.82 Å². The molecule has 0 saturated heterocycles. The van der Waals surface area contributed by atoms with Gasteiger partial charge in [-0.1, -0.05) is 0 Å². The molecule has 0 unspecified atom stereocenters. The number of nitrogens with one attached hydrogen (secondary N) is 1. The van der Waals surface area contributed by atoms with Crippen molar-refractivity contribution in [1.82, 2.24) is 24.4 Å². The Morgan fingerprint density at radius 3 is 2.19 bits per heavy atom. The Morgan fingerprint density at radius 2 is 1.63 bits per heavy atom. The zero-order valence-electron chi connectivity index (χ0n) is 14.1. The minimum atomic E-state index is -1.34. The van der Waals surface area contributed by atoms with Crippen molar-refractivity contribution in [3.05, 3.63) is 78.7 Å². The lowest BCUT2D eigenvalue weighted by Gasteiger charge is -2.19. The van der Waals surface area contributed by atoms with E-state index in [1.165, 1.54) is 0 Å². The maximum absolute atomic E-state index is 13.7. The molecule has 0 radical (unpaired) electrons. The molecule has 1 aromatic carbocycles. The van der Waals surface area contributed by atoms with Gasteiger partial charge >= 0.3 is 0 Å². The highest BCUT2D eigenvalue weighted by atomic mass is 19.2. The lowest BCUT2D eigenvalue weighted by atomic mass is 10.1. The van der Waals surface area contributed by atoms with E-state index in [-0.39, 0.29) is 6.04 Å². The smallest absolute Gasteiger partial charge is 0.244 e. The zero-order chi connectivity index (χ0) is 19.2. The molecule has 140 valence electrons. The number of benzene rings is 1. The molecule has 27 heavy (non-hydrogen) atoms. The summed E-state index contributed by atoms with van der Waals surface area (Å²) in [7, 11) is 0. The first-order valence-electron chi connectivity index (χ1n) is 8.06. The number of aromatic nitrogens is 4. The number of imidazole rings is 2. The third-order valence-corrected chi connectivity index (χ3v) is 3.81. The third-order valence-electron chi connectivity index (χ3n) is 3.81. The van der Waals surface area contributed by atoms with E-state index in [0.717, 1.165) is 18.2 Å². The molecule has 3 aromatic rings. The molecule has 2 heterocycles. The number of carbonyl (C=O) groups is 1. The van der Waals surface area contributed by atoms with E-state index in [1.54, 1.807) is 46.6 Å². The van der Waals surface area contributed by atoms with Crippen LogP contribution in [-0.2, 0) is 17.9 Å². The van der Waals surface area contributed by atoms with E-state index >= 15 is 0 Å². The molecule has 0 aliphatic heterocycles. The molecule has 9 heteroatoms. The number of hydrogen-bond acceptors (Lipinski definition) is 3. The van der Waals surface area contributed by atoms with Crippen molar-refractivity contribution in [1.29, 1.82) is 0 Å². The van der Waals surface area contributed by atoms with Crippen LogP contribution in [0.2, 0.25) is 0 Å². The van der Waals surface area contributed by atoms with Gasteiger partial charge in [0.15, 0.2) is 11.6 Å². The van der Waals surface area contributed by atoms with Crippen molar-refractivity contribution in [3.63, 3.8) is 0 Å². The van der Waals surface area contributed by atoms with Gasteiger partial charge in [-0.05, 0) is 18.2 Å². The van der Waals surface area contributed by atoms with Gasteiger partial charge in [0.25, 0.3) is 0 Å². The molecule has 0 saturated carbocycles. The summed E-state index contributed by atoms with van der Waals surface area (Å²) in [5.74, 6) is -4.04. The van der Waals surface area contributed by atoms with Gasteiger partial charge in [-0.25, -0.2) is 23.1 Å². The van der Waals surface area contributed by atoms with E-state index in [9.17, 15) is 18.0 Å². The number of hydrogen-bond donors (Lipinski definition) is 1. The van der Waals surface area contributed by atoms with Crippen molar-refractivity contribution in [3.8, 4) is 0 Å². The molecule has 0 fully saturated rings. The van der Waals surface area contributed by atoms with Crippen molar-refractivity contribution in [2.45, 2.75) is 19.1 Å². The highest BCUT2D eigenvalue weighted by molar-refractivity contribution is 5.91. The maximum atomic E-state index is 13.7. The highest BCUT2D eigenvalue weighted by Gasteiger charge is 2.14. The Morgan fingerprint density at radius 1 is 1.04 bits per heavy atom. The molecule has 6 nitrogen and oxygen atoms in total. The topological polar surface area (TPSA) is 64.7 Å². The van der Waals surface area contributed by atoms with Crippen LogP contribution in [0.1, 0.15) is 5.56 Å². The maximum Gasteiger partial charge on any atom is 0.244 e. The molecule has 2 aromatic heterocycles. The molecule has 0 spiro atoms. The van der Waals surface area contributed by atoms with E-state index in [2.05, 4.69) is 15.3 Å². The first kappa shape index (κ1) is 18.4. The average Bonchev–Trinajstić information content (AvgIpc) is 3.32. The Bertz CT molecular complexity index is 887. The minimum Gasteiger partial charge on any atom is -0.346 e. The molecule has 0 atom stereocenters. The standard InChI is InChI=1S/C18H16F3N5O/c19-15-2-3-16(20)18(21)14(15)1-4-17(27)24-13(9-25-7-5-22-11-25)10-26-8-6-23-12-26/h1-8,11-13H,9-10H2,(H,24,27). The first-order chi connectivity index (χ1) is 13.0. The van der Waals surface area contributed by atoms with Crippen LogP contribution >= 0.6 is 0 Å². The molecule has 0 bridgehead atoms. The van der Waals surface area contributed by atoms with Crippen LogP contribution in [0.4, 0.5) is 13.2 Å². The van der Waals surface area contributed by atoms with Crippen LogP contribution < -0.4 is 5.32 Å². The van der Waals surface area contributed by atoms with Crippen LogP contribution in [-0.4, -0.2) is 31.1 Å². The summed E-state index contributed by atoms with van der Waals surface area (Å²) in [6.07, 6.45) is 11.8. The molecule has 0 aliphatic rings. The van der Waals surface area contributed by atoms with Gasteiger partial charge in [0.2, 0.25) is 5.91 Å². The number of amides is 1. The van der Waals surface area contributed by atoms with Crippen molar-refractivity contribution in [2.75, 3.05) is 0 Å². The lowest BCUT2D eigenvalue weighted by Crippen LogP contribution is -2.39. The zero-order valence-corrected chi connectivity index (χ0v) is 14.1. The fourth-order valence-electron chi connectivity index (χ4n) is 2.55. The molecule has 0 aliphatic carbocycles. The molecular formula is C18H16F3N5O. The van der Waals surface area contributed by atoms with Crippen molar-refractivity contribution >= 4 is 12.0 Å². The van der Waals surface area contributed by atoms with Crippen LogP contribution in [0.25, 0.3) is 6.08 Å². The summed E-state index contributed by atoms with van der Waals surface area (Å²) < 4.78 is 44.1. The molecular weight excluding hydrogens is 359 g/mol. The van der Waals surface area contributed by atoms with Gasteiger partial charge in [0.05, 0.1) is 18.7 Å². The normalized spacial score (nSPS) is 11.4. The van der Waals surface area contributed by atoms with Gasteiger partial charge in [0, 0.05) is 49.5 Å². The second-order valence-corrected chi connectivity index (χ2v) is 5.81. The second kappa shape index (κ2) is 8.35. The van der Waals surface area contributed by atoms with Crippen LogP contribution in [0, 0.1) is 17.5 Å². The summed E-state index contributed by atoms with van der Waals surface area (Å²) in [5, 5.41) is 2.76. The van der Waals surface area contributed by atoms with Gasteiger partial charge < -0.3 is 14.5 Å². The first-order valence-corrected chi connectivity index (χ1v) is 8.06. The summed E-state index contributed by atoms with van der Waals surface area (Å²) in [4.78, 5) is 20.1. The number of carbonyl (C=O) groups excluding carboxylic acids is 1. The van der Waals surface area contributed by atoms with Crippen molar-refractivity contribution in [2.24, 2.45) is 0 Å². The molecule has 1 amide bonds. The number of halogens is 3. The minimum absolute atomic E-state index is 0.340. The Hall–Kier alpha value is -3.36. The number of nitrogens with zero attached hydrogens (tertiary/aromatic N) is 4. The van der Waals surface area contributed by atoms with E-state index in [1.807, 2.05) is 0 Å². The molecule has 3 rings (SSSR count). The third kappa shape index (κ3) is 4.84. The Labute approximate surface area is 153 Å². The highest BCUT2D eigenvalue weighted by Crippen LogP contribution is 2.17.